The summed E-state index contributed by atoms with van der Waals surface area (Å²) in [5.74, 6) is -5.99. The van der Waals surface area contributed by atoms with Crippen molar-refractivity contribution in [2.75, 3.05) is 11.1 Å². The van der Waals surface area contributed by atoms with Crippen LogP contribution in [0.2, 0.25) is 0 Å². The molecule has 484 valence electrons. The van der Waals surface area contributed by atoms with Gasteiger partial charge in [0.15, 0.2) is 23.1 Å². The van der Waals surface area contributed by atoms with E-state index in [2.05, 4.69) is 35.8 Å². The zero-order chi connectivity index (χ0) is 68.6. The molecule has 0 aliphatic heterocycles. The lowest BCUT2D eigenvalue weighted by Gasteiger charge is -2.13. The smallest absolute Gasteiger partial charge is 0.325 e. The van der Waals surface area contributed by atoms with Gasteiger partial charge >= 0.3 is 12.0 Å². The fourth-order valence-electron chi connectivity index (χ4n) is 7.98. The van der Waals surface area contributed by atoms with Gasteiger partial charge in [0.1, 0.15) is 34.8 Å². The molecule has 4 amide bonds. The average molecular weight is 1310 g/mol. The molecule has 4 aromatic heterocycles. The molecule has 94 heavy (non-hydrogen) atoms. The number of nitrogens with zero attached hydrogens (tertiary/aromatic N) is 7. The molecule has 0 spiro atoms. The van der Waals surface area contributed by atoms with Gasteiger partial charge in [0, 0.05) is 85.6 Å². The third-order valence-electron chi connectivity index (χ3n) is 13.4. The molecule has 0 fully saturated rings. The zero-order valence-corrected chi connectivity index (χ0v) is 51.6. The van der Waals surface area contributed by atoms with Gasteiger partial charge in [0.2, 0.25) is 17.2 Å². The summed E-state index contributed by atoms with van der Waals surface area (Å²) in [5, 5.41) is 21.0. The van der Waals surface area contributed by atoms with Crippen molar-refractivity contribution in [1.29, 1.82) is 0 Å². The predicted octanol–water partition coefficient (Wildman–Crippen LogP) is 14.5. The number of aryl methyl sites for hydroxylation is 2. The van der Waals surface area contributed by atoms with E-state index in [1.807, 2.05) is 13.2 Å². The largest absolute Gasteiger partial charge is 0.481 e. The third kappa shape index (κ3) is 22.1. The number of hydrogen-bond donors (Lipinski definition) is 4. The van der Waals surface area contributed by atoms with Crippen LogP contribution in [0.5, 0.6) is 23.0 Å². The summed E-state index contributed by atoms with van der Waals surface area (Å²) in [7, 11) is 3.62. The van der Waals surface area contributed by atoms with Crippen molar-refractivity contribution in [3.63, 3.8) is 0 Å². The quantitative estimate of drug-likeness (QED) is 0.0245. The molecular formula is C68H59ClF6N10O9. The van der Waals surface area contributed by atoms with Crippen LogP contribution in [-0.2, 0) is 38.1 Å². The maximum Gasteiger partial charge on any atom is 0.325 e. The molecule has 19 nitrogen and oxygen atoms in total. The molecule has 10 aromatic rings. The molecule has 0 aliphatic rings. The molecule has 0 saturated carbocycles. The zero-order valence-electron chi connectivity index (χ0n) is 50.9. The van der Waals surface area contributed by atoms with E-state index >= 15 is 0 Å². The summed E-state index contributed by atoms with van der Waals surface area (Å²) >= 11 is 5.27. The molecule has 0 radical (unpaired) electrons. The Kier molecular flexibility index (Phi) is 26.3. The number of amides is 4. The Balaban J connectivity index is 0.000000202. The van der Waals surface area contributed by atoms with Gasteiger partial charge in [0.05, 0.1) is 47.5 Å². The first kappa shape index (κ1) is 71.5. The number of isocyanates is 1. The Morgan fingerprint density at radius 3 is 1.34 bits per heavy atom. The number of nitrogen functional groups attached to an aromatic ring is 1. The van der Waals surface area contributed by atoms with Gasteiger partial charge in [-0.1, -0.05) is 55.5 Å². The van der Waals surface area contributed by atoms with Crippen LogP contribution in [0.15, 0.2) is 200 Å². The number of anilines is 2. The van der Waals surface area contributed by atoms with Gasteiger partial charge in [-0.2, -0.15) is 10.2 Å². The van der Waals surface area contributed by atoms with Crippen molar-refractivity contribution in [2.24, 2.45) is 19.1 Å². The maximum absolute atomic E-state index is 14.6. The molecule has 4 atom stereocenters. The van der Waals surface area contributed by atoms with E-state index in [1.165, 1.54) is 115 Å². The number of imide groups is 1. The fraction of sp³-hybridized carbons (Fsp3) is 0.147. The molecule has 6 aromatic carbocycles. The van der Waals surface area contributed by atoms with Gasteiger partial charge in [-0.25, -0.2) is 35.9 Å². The lowest BCUT2D eigenvalue weighted by atomic mass is 10.0. The molecule has 10 rings (SSSR count). The summed E-state index contributed by atoms with van der Waals surface area (Å²) in [4.78, 5) is 78.2. The highest BCUT2D eigenvalue weighted by atomic mass is 35.5. The fourth-order valence-corrected chi connectivity index (χ4v) is 8.11. The number of aromatic nitrogens is 6. The first-order chi connectivity index (χ1) is 44.8. The van der Waals surface area contributed by atoms with Crippen LogP contribution in [0.4, 0.5) is 42.5 Å². The van der Waals surface area contributed by atoms with Crippen LogP contribution >= 0.6 is 11.6 Å². The van der Waals surface area contributed by atoms with Gasteiger partial charge in [-0.05, 0) is 140 Å². The molecular weight excluding hydrogens is 1250 g/mol. The van der Waals surface area contributed by atoms with Crippen LogP contribution in [-0.4, -0.2) is 69.8 Å². The van der Waals surface area contributed by atoms with E-state index in [-0.39, 0.29) is 40.6 Å². The molecule has 4 heterocycles. The number of aliphatic imine (C=N–C) groups is 1. The van der Waals surface area contributed by atoms with Crippen molar-refractivity contribution in [2.45, 2.75) is 51.4 Å². The maximum atomic E-state index is 14.6. The number of ether oxygens (including phenoxy) is 2. The minimum absolute atomic E-state index is 0.0553. The van der Waals surface area contributed by atoms with Crippen LogP contribution in [0.25, 0.3) is 22.5 Å². The van der Waals surface area contributed by atoms with Gasteiger partial charge in [-0.3, -0.25) is 43.8 Å². The van der Waals surface area contributed by atoms with E-state index < -0.39 is 64.3 Å². The highest BCUT2D eigenvalue weighted by Crippen LogP contribution is 2.31. The number of carboxylic acid groups (broad SMARTS) is 1. The van der Waals surface area contributed by atoms with Gasteiger partial charge in [-0.15, -0.1) is 4.99 Å². The standard InChI is InChI=1S/C25H21F2N5O3.C15H13FN4O.C10H8FNO2.C9H8ClFO.C9H9FO2/c1-15(16-3-5-18(26)6-4-16)24(33)31-25(34)30-19-7-8-23(21(27)11-19)35-20-9-10-28-22(12-20)17-13-29-32(2)14-17;1-20-9-10(8-19-20)14-7-12(4-5-18-14)21-15-3-2-11(17)6-13(15)16;1-7(10(14)12-6-13)8-2-4-9(11)5-3-8;1-6(9(10)12)7-2-4-8(11)5-3-7;1-6(9(11)12)7-2-4-8(10)5-3-7/h3-15H,1-2H3,(H2,30,31,33,34);2-9H,17H2,1H3;2-5,7H,1H3;2-6H,1H3;2-6H,1H3,(H,11,12)/t15-;;7-;2*6-/m0.000/s1. The number of hydrogen-bond acceptors (Lipinski definition) is 13. The Bertz CT molecular complexity index is 4210. The Hall–Kier alpha value is -11.6. The molecule has 26 heteroatoms. The number of carbonyl (C=O) groups excluding carboxylic acids is 5. The van der Waals surface area contributed by atoms with Crippen LogP contribution < -0.4 is 25.8 Å². The number of urea groups is 1. The number of carboxylic acids is 1. The van der Waals surface area contributed by atoms with E-state index in [0.717, 1.165) is 22.8 Å². The Morgan fingerprint density at radius 2 is 0.957 bits per heavy atom. The number of halogens is 7. The molecule has 0 saturated heterocycles. The highest BCUT2D eigenvalue weighted by molar-refractivity contribution is 6.64. The molecule has 0 aliphatic carbocycles. The van der Waals surface area contributed by atoms with Gasteiger partial charge < -0.3 is 25.6 Å². The van der Waals surface area contributed by atoms with E-state index in [1.54, 1.807) is 118 Å². The first-order valence-corrected chi connectivity index (χ1v) is 28.4. The monoisotopic (exact) mass is 1310 g/mol. The lowest BCUT2D eigenvalue weighted by molar-refractivity contribution is -0.138. The van der Waals surface area contributed by atoms with Crippen molar-refractivity contribution in [3.8, 4) is 45.5 Å². The second kappa shape index (κ2) is 34.6. The second-order valence-electron chi connectivity index (χ2n) is 20.3. The minimum Gasteiger partial charge on any atom is -0.481 e. The predicted molar refractivity (Wildman–Crippen MR) is 338 cm³/mol. The third-order valence-corrected chi connectivity index (χ3v) is 13.7. The van der Waals surface area contributed by atoms with Crippen LogP contribution in [0.1, 0.15) is 73.6 Å². The number of aliphatic carboxylic acids is 1. The Labute approximate surface area is 539 Å². The summed E-state index contributed by atoms with van der Waals surface area (Å²) < 4.78 is 93.3. The van der Waals surface area contributed by atoms with Crippen molar-refractivity contribution in [3.05, 3.63) is 252 Å². The number of benzene rings is 6. The normalized spacial score (nSPS) is 11.6. The van der Waals surface area contributed by atoms with Crippen LogP contribution in [0, 0.1) is 34.9 Å². The second-order valence-corrected chi connectivity index (χ2v) is 20.7. The van der Waals surface area contributed by atoms with Crippen LogP contribution in [0.3, 0.4) is 0 Å². The number of pyridine rings is 2. The number of carbonyl (C=O) groups is 5. The summed E-state index contributed by atoms with van der Waals surface area (Å²) in [6.07, 6.45) is 11.3. The Morgan fingerprint density at radius 1 is 0.553 bits per heavy atom. The van der Waals surface area contributed by atoms with Crippen molar-refractivity contribution >= 4 is 58.1 Å². The summed E-state index contributed by atoms with van der Waals surface area (Å²) in [5.41, 5.74) is 11.5. The van der Waals surface area contributed by atoms with Crippen molar-refractivity contribution < 1.29 is 69.7 Å². The average Bonchev–Trinajstić information content (AvgIpc) is 1.59. The molecule has 0 bridgehead atoms. The number of nitrogens with two attached hydrogens (primary N) is 1. The van der Waals surface area contributed by atoms with E-state index in [9.17, 15) is 55.1 Å². The number of rotatable bonds is 15. The van der Waals surface area contributed by atoms with E-state index in [0.29, 0.717) is 45.3 Å². The SMILES string of the molecule is C[C@H](C(=O)Cl)c1ccc(F)cc1.C[C@H](C(=O)N=C=O)c1ccc(F)cc1.C[C@H](C(=O)NC(=O)Nc1ccc(Oc2ccnc(-c3cnn(C)c3)c2)c(F)c1)c1ccc(F)cc1.C[C@H](C(=O)O)c1ccc(F)cc1.Cn1cc(-c2cc(Oc3ccc(N)cc3F)ccn2)cn1. The first-order valence-electron chi connectivity index (χ1n) is 28.0. The lowest BCUT2D eigenvalue weighted by Crippen LogP contribution is -2.37. The molecule has 5 N–H and O–H groups in total. The number of nitrogens with one attached hydrogen (secondary N) is 2. The van der Waals surface area contributed by atoms with E-state index in [4.69, 9.17) is 31.9 Å². The molecule has 0 unspecified atom stereocenters. The summed E-state index contributed by atoms with van der Waals surface area (Å²) in [6, 6.07) is 36.1. The minimum atomic E-state index is -0.901. The van der Waals surface area contributed by atoms with Gasteiger partial charge in [0.25, 0.3) is 5.91 Å². The topological polar surface area (TPSA) is 265 Å². The van der Waals surface area contributed by atoms with Crippen molar-refractivity contribution in [1.82, 2.24) is 34.8 Å². The summed E-state index contributed by atoms with van der Waals surface area (Å²) in [6.45, 7) is 6.43. The highest BCUT2D eigenvalue weighted by Gasteiger charge is 2.20.